The second-order valence-corrected chi connectivity index (χ2v) is 4.88. The van der Waals surface area contributed by atoms with Crippen molar-refractivity contribution in [3.05, 3.63) is 35.1 Å². The molecule has 1 N–H and O–H groups in total. The molecule has 2 aromatic rings. The van der Waals surface area contributed by atoms with E-state index in [1.165, 1.54) is 23.5 Å². The van der Waals surface area contributed by atoms with E-state index in [4.69, 9.17) is 4.74 Å². The van der Waals surface area contributed by atoms with E-state index in [0.29, 0.717) is 5.13 Å². The van der Waals surface area contributed by atoms with Crippen molar-refractivity contribution < 1.29 is 13.9 Å². The first-order valence-electron chi connectivity index (χ1n) is 5.62. The number of aryl methyl sites for hydroxylation is 1. The molecular formula is C12H12FN3O2S. The quantitative estimate of drug-likeness (QED) is 0.914. The van der Waals surface area contributed by atoms with Crippen molar-refractivity contribution in [3.8, 4) is 5.75 Å². The Labute approximate surface area is 113 Å². The Morgan fingerprint density at radius 3 is 2.89 bits per heavy atom. The van der Waals surface area contributed by atoms with Crippen molar-refractivity contribution in [2.24, 2.45) is 0 Å². The second kappa shape index (κ2) is 6.24. The number of para-hydroxylation sites is 1. The Hall–Kier alpha value is -2.02. The van der Waals surface area contributed by atoms with Crippen molar-refractivity contribution in [1.29, 1.82) is 0 Å². The van der Waals surface area contributed by atoms with E-state index in [9.17, 15) is 9.18 Å². The zero-order valence-electron chi connectivity index (χ0n) is 10.2. The van der Waals surface area contributed by atoms with Gasteiger partial charge in [0.25, 0.3) is 0 Å². The van der Waals surface area contributed by atoms with Crippen LogP contribution in [-0.4, -0.2) is 22.7 Å². The van der Waals surface area contributed by atoms with Crippen LogP contribution in [0.1, 0.15) is 11.4 Å². The Bertz CT molecular complexity index is 574. The van der Waals surface area contributed by atoms with E-state index in [2.05, 4.69) is 15.5 Å². The third kappa shape index (κ3) is 3.99. The average molecular weight is 281 g/mol. The van der Waals surface area contributed by atoms with E-state index in [1.807, 2.05) is 0 Å². The predicted octanol–water partition coefficient (Wildman–Crippen LogP) is 2.39. The zero-order chi connectivity index (χ0) is 13.7. The van der Waals surface area contributed by atoms with Crippen molar-refractivity contribution in [1.82, 2.24) is 10.2 Å². The van der Waals surface area contributed by atoms with Crippen LogP contribution < -0.4 is 10.1 Å². The number of benzene rings is 1. The zero-order valence-corrected chi connectivity index (χ0v) is 11.0. The largest absolute Gasteiger partial charge is 0.490 e. The molecule has 0 spiro atoms. The summed E-state index contributed by atoms with van der Waals surface area (Å²) in [5.41, 5.74) is 0. The molecule has 5 nitrogen and oxygen atoms in total. The fraction of sp³-hybridized carbons (Fsp3) is 0.250. The van der Waals surface area contributed by atoms with Crippen molar-refractivity contribution in [2.45, 2.75) is 13.3 Å². The van der Waals surface area contributed by atoms with Crippen LogP contribution >= 0.6 is 11.3 Å². The van der Waals surface area contributed by atoms with Gasteiger partial charge in [0, 0.05) is 0 Å². The monoisotopic (exact) mass is 281 g/mol. The van der Waals surface area contributed by atoms with Crippen LogP contribution in [0.2, 0.25) is 0 Å². The molecule has 1 aromatic carbocycles. The highest BCUT2D eigenvalue weighted by Crippen LogP contribution is 2.16. The van der Waals surface area contributed by atoms with Gasteiger partial charge in [0.15, 0.2) is 11.6 Å². The van der Waals surface area contributed by atoms with Crippen LogP contribution in [0.15, 0.2) is 24.3 Å². The molecule has 100 valence electrons. The predicted molar refractivity (Wildman–Crippen MR) is 69.8 cm³/mol. The Morgan fingerprint density at radius 1 is 1.42 bits per heavy atom. The number of anilines is 1. The van der Waals surface area contributed by atoms with Crippen LogP contribution in [0.25, 0.3) is 0 Å². The van der Waals surface area contributed by atoms with Crippen LogP contribution in [0.4, 0.5) is 9.52 Å². The molecule has 0 fully saturated rings. The molecule has 1 amide bonds. The van der Waals surface area contributed by atoms with Crippen molar-refractivity contribution in [2.75, 3.05) is 11.9 Å². The smallest absolute Gasteiger partial charge is 0.229 e. The summed E-state index contributed by atoms with van der Waals surface area (Å²) in [6.07, 6.45) is 0.118. The van der Waals surface area contributed by atoms with Gasteiger partial charge in [-0.15, -0.1) is 10.2 Å². The number of ether oxygens (including phenoxy) is 1. The van der Waals surface area contributed by atoms with E-state index in [1.54, 1.807) is 19.1 Å². The summed E-state index contributed by atoms with van der Waals surface area (Å²) in [4.78, 5) is 11.6. The van der Waals surface area contributed by atoms with E-state index in [-0.39, 0.29) is 24.7 Å². The average Bonchev–Trinajstić information content (AvgIpc) is 2.77. The lowest BCUT2D eigenvalue weighted by Gasteiger charge is -2.06. The van der Waals surface area contributed by atoms with Gasteiger partial charge in [-0.1, -0.05) is 23.5 Å². The highest BCUT2D eigenvalue weighted by Gasteiger charge is 2.07. The number of amides is 1. The maximum absolute atomic E-state index is 13.2. The maximum Gasteiger partial charge on any atom is 0.229 e. The molecule has 0 saturated carbocycles. The minimum Gasteiger partial charge on any atom is -0.490 e. The van der Waals surface area contributed by atoms with Gasteiger partial charge < -0.3 is 10.1 Å². The molecule has 0 atom stereocenters. The third-order valence-corrected chi connectivity index (χ3v) is 2.95. The summed E-state index contributed by atoms with van der Waals surface area (Å²) in [5.74, 6) is -0.544. The molecule has 0 saturated heterocycles. The van der Waals surface area contributed by atoms with Crippen molar-refractivity contribution in [3.63, 3.8) is 0 Å². The summed E-state index contributed by atoms with van der Waals surface area (Å²) in [6, 6.07) is 6.07. The molecule has 0 aliphatic carbocycles. The van der Waals surface area contributed by atoms with Gasteiger partial charge in [-0.05, 0) is 19.1 Å². The van der Waals surface area contributed by atoms with E-state index in [0.717, 1.165) is 5.01 Å². The van der Waals surface area contributed by atoms with Gasteiger partial charge in [0.2, 0.25) is 11.0 Å². The van der Waals surface area contributed by atoms with Gasteiger partial charge in [0.1, 0.15) is 5.01 Å². The SMILES string of the molecule is Cc1nnc(NC(=O)CCOc2ccccc2F)s1. The topological polar surface area (TPSA) is 64.1 Å². The molecule has 1 heterocycles. The normalized spacial score (nSPS) is 10.2. The number of nitrogens with one attached hydrogen (secondary N) is 1. The minimum absolute atomic E-state index is 0.102. The number of halogens is 1. The number of carbonyl (C=O) groups is 1. The standard InChI is InChI=1S/C12H12FN3O2S/c1-8-15-16-12(19-8)14-11(17)6-7-18-10-5-3-2-4-9(10)13/h2-5H,6-7H2,1H3,(H,14,16,17). The highest BCUT2D eigenvalue weighted by molar-refractivity contribution is 7.15. The summed E-state index contributed by atoms with van der Waals surface area (Å²) < 4.78 is 18.4. The molecule has 0 bridgehead atoms. The maximum atomic E-state index is 13.2. The lowest BCUT2D eigenvalue weighted by Crippen LogP contribution is -2.15. The van der Waals surface area contributed by atoms with Gasteiger partial charge in [-0.2, -0.15) is 0 Å². The Kier molecular flexibility index (Phi) is 4.40. The van der Waals surface area contributed by atoms with Gasteiger partial charge in [-0.25, -0.2) is 4.39 Å². The fourth-order valence-electron chi connectivity index (χ4n) is 1.34. The summed E-state index contributed by atoms with van der Waals surface area (Å²) >= 11 is 1.29. The van der Waals surface area contributed by atoms with Gasteiger partial charge in [0.05, 0.1) is 13.0 Å². The van der Waals surface area contributed by atoms with E-state index >= 15 is 0 Å². The molecular weight excluding hydrogens is 269 g/mol. The molecule has 19 heavy (non-hydrogen) atoms. The minimum atomic E-state index is -0.442. The van der Waals surface area contributed by atoms with Crippen LogP contribution in [0.3, 0.4) is 0 Å². The number of rotatable bonds is 5. The van der Waals surface area contributed by atoms with E-state index < -0.39 is 5.82 Å². The molecule has 0 radical (unpaired) electrons. The summed E-state index contributed by atoms with van der Waals surface area (Å²) in [5, 5.41) is 11.4. The number of nitrogens with zero attached hydrogens (tertiary/aromatic N) is 2. The molecule has 0 unspecified atom stereocenters. The van der Waals surface area contributed by atoms with Gasteiger partial charge >= 0.3 is 0 Å². The lowest BCUT2D eigenvalue weighted by atomic mass is 10.3. The number of hydrogen-bond donors (Lipinski definition) is 1. The number of carbonyl (C=O) groups excluding carboxylic acids is 1. The first-order valence-corrected chi connectivity index (χ1v) is 6.44. The fourth-order valence-corrected chi connectivity index (χ4v) is 1.95. The molecule has 0 aliphatic rings. The number of hydrogen-bond acceptors (Lipinski definition) is 5. The first kappa shape index (κ1) is 13.4. The summed E-state index contributed by atoms with van der Waals surface area (Å²) in [7, 11) is 0. The van der Waals surface area contributed by atoms with Crippen LogP contribution in [0, 0.1) is 12.7 Å². The van der Waals surface area contributed by atoms with Crippen LogP contribution in [0.5, 0.6) is 5.75 Å². The summed E-state index contributed by atoms with van der Waals surface area (Å²) in [6.45, 7) is 1.90. The molecule has 2 rings (SSSR count). The Morgan fingerprint density at radius 2 is 2.21 bits per heavy atom. The lowest BCUT2D eigenvalue weighted by molar-refractivity contribution is -0.116. The van der Waals surface area contributed by atoms with Crippen molar-refractivity contribution >= 4 is 22.4 Å². The highest BCUT2D eigenvalue weighted by atomic mass is 32.1. The first-order chi connectivity index (χ1) is 9.15. The number of aromatic nitrogens is 2. The molecule has 7 heteroatoms. The van der Waals surface area contributed by atoms with Gasteiger partial charge in [-0.3, -0.25) is 4.79 Å². The third-order valence-electron chi connectivity index (χ3n) is 2.20. The molecule has 1 aromatic heterocycles. The molecule has 0 aliphatic heterocycles. The van der Waals surface area contributed by atoms with Crippen LogP contribution in [-0.2, 0) is 4.79 Å². The Balaban J connectivity index is 1.77. The second-order valence-electron chi connectivity index (χ2n) is 3.70.